The van der Waals surface area contributed by atoms with Crippen LogP contribution in [0.3, 0.4) is 0 Å². The Labute approximate surface area is 124 Å². The van der Waals surface area contributed by atoms with Gasteiger partial charge in [0.25, 0.3) is 5.91 Å². The Kier molecular flexibility index (Phi) is 3.19. The van der Waals surface area contributed by atoms with Crippen LogP contribution in [0.5, 0.6) is 0 Å². The first kappa shape index (κ1) is 13.1. The summed E-state index contributed by atoms with van der Waals surface area (Å²) in [5, 5.41) is 13.4. The van der Waals surface area contributed by atoms with Gasteiger partial charge in [-0.05, 0) is 25.1 Å². The molecule has 7 heteroatoms. The smallest absolute Gasteiger partial charge is 0.274 e. The molecule has 0 bridgehead atoms. The number of aryl methyl sites for hydroxylation is 2. The molecule has 3 aromatic rings. The van der Waals surface area contributed by atoms with E-state index >= 15 is 0 Å². The van der Waals surface area contributed by atoms with Crippen molar-refractivity contribution in [2.45, 2.75) is 6.92 Å². The molecule has 0 aliphatic carbocycles. The lowest BCUT2D eigenvalue weighted by Gasteiger charge is -2.03. The van der Waals surface area contributed by atoms with E-state index in [-0.39, 0.29) is 5.91 Å². The van der Waals surface area contributed by atoms with E-state index in [1.54, 1.807) is 6.07 Å². The molecule has 2 heterocycles. The molecule has 2 aromatic heterocycles. The van der Waals surface area contributed by atoms with Gasteiger partial charge in [-0.25, -0.2) is 0 Å². The van der Waals surface area contributed by atoms with Crippen molar-refractivity contribution in [2.75, 3.05) is 5.32 Å². The molecule has 0 aliphatic heterocycles. The molecule has 1 aromatic carbocycles. The van der Waals surface area contributed by atoms with E-state index in [9.17, 15) is 4.79 Å². The van der Waals surface area contributed by atoms with Crippen LogP contribution in [-0.2, 0) is 7.05 Å². The summed E-state index contributed by atoms with van der Waals surface area (Å²) >= 11 is 7.32. The third-order valence-corrected chi connectivity index (χ3v) is 3.98. The SMILES string of the molecule is Cc1nnc(NC(=O)c2cc3ccc(Cl)cc3n2C)s1. The van der Waals surface area contributed by atoms with Crippen molar-refractivity contribution < 1.29 is 4.79 Å². The number of nitrogens with one attached hydrogen (secondary N) is 1. The molecular formula is C13H11ClN4OS. The first-order valence-corrected chi connectivity index (χ1v) is 7.10. The maximum Gasteiger partial charge on any atom is 0.274 e. The highest BCUT2D eigenvalue weighted by atomic mass is 35.5. The number of nitrogens with zero attached hydrogens (tertiary/aromatic N) is 3. The Bertz CT molecular complexity index is 808. The molecule has 0 fully saturated rings. The summed E-state index contributed by atoms with van der Waals surface area (Å²) in [5.41, 5.74) is 1.46. The predicted molar refractivity (Wildman–Crippen MR) is 80.5 cm³/mol. The lowest BCUT2D eigenvalue weighted by Crippen LogP contribution is -2.15. The van der Waals surface area contributed by atoms with Crippen molar-refractivity contribution in [2.24, 2.45) is 7.05 Å². The largest absolute Gasteiger partial charge is 0.340 e. The molecule has 0 unspecified atom stereocenters. The van der Waals surface area contributed by atoms with Crippen molar-refractivity contribution in [1.29, 1.82) is 0 Å². The third kappa shape index (κ3) is 2.28. The van der Waals surface area contributed by atoms with E-state index < -0.39 is 0 Å². The zero-order valence-corrected chi connectivity index (χ0v) is 12.4. The number of carbonyl (C=O) groups excluding carboxylic acids is 1. The van der Waals surface area contributed by atoms with Gasteiger partial charge < -0.3 is 4.57 Å². The number of aromatic nitrogens is 3. The molecule has 0 radical (unpaired) electrons. The molecule has 0 saturated carbocycles. The van der Waals surface area contributed by atoms with Gasteiger partial charge in [-0.1, -0.05) is 29.0 Å². The van der Waals surface area contributed by atoms with Gasteiger partial charge in [0.2, 0.25) is 5.13 Å². The number of hydrogen-bond donors (Lipinski definition) is 1. The summed E-state index contributed by atoms with van der Waals surface area (Å²) in [7, 11) is 1.83. The van der Waals surface area contributed by atoms with E-state index in [0.717, 1.165) is 15.9 Å². The Morgan fingerprint density at radius 3 is 2.85 bits per heavy atom. The second-order valence-corrected chi connectivity index (χ2v) is 5.99. The maximum atomic E-state index is 12.3. The summed E-state index contributed by atoms with van der Waals surface area (Å²) in [6.45, 7) is 1.84. The van der Waals surface area contributed by atoms with Crippen LogP contribution in [0.15, 0.2) is 24.3 Å². The van der Waals surface area contributed by atoms with Crippen LogP contribution >= 0.6 is 22.9 Å². The van der Waals surface area contributed by atoms with Gasteiger partial charge >= 0.3 is 0 Å². The molecule has 0 atom stereocenters. The van der Waals surface area contributed by atoms with Crippen molar-refractivity contribution in [1.82, 2.24) is 14.8 Å². The molecule has 0 saturated heterocycles. The van der Waals surface area contributed by atoms with E-state index in [0.29, 0.717) is 15.8 Å². The second kappa shape index (κ2) is 4.88. The average molecular weight is 307 g/mol. The van der Waals surface area contributed by atoms with E-state index in [4.69, 9.17) is 11.6 Å². The minimum atomic E-state index is -0.212. The van der Waals surface area contributed by atoms with Gasteiger partial charge in [0.05, 0.1) is 0 Å². The zero-order valence-electron chi connectivity index (χ0n) is 10.8. The van der Waals surface area contributed by atoms with Crippen molar-refractivity contribution >= 4 is 44.9 Å². The zero-order chi connectivity index (χ0) is 14.3. The Hall–Kier alpha value is -1.92. The molecule has 20 heavy (non-hydrogen) atoms. The van der Waals surface area contributed by atoms with Crippen molar-refractivity contribution in [3.63, 3.8) is 0 Å². The normalized spacial score (nSPS) is 10.9. The van der Waals surface area contributed by atoms with Crippen molar-refractivity contribution in [3.8, 4) is 0 Å². The maximum absolute atomic E-state index is 12.3. The molecule has 0 spiro atoms. The number of benzene rings is 1. The topological polar surface area (TPSA) is 59.8 Å². The highest BCUT2D eigenvalue weighted by Gasteiger charge is 2.15. The highest BCUT2D eigenvalue weighted by Crippen LogP contribution is 2.23. The fourth-order valence-corrected chi connectivity index (χ4v) is 2.78. The number of fused-ring (bicyclic) bond motifs is 1. The number of anilines is 1. The summed E-state index contributed by atoms with van der Waals surface area (Å²) in [5.74, 6) is -0.212. The lowest BCUT2D eigenvalue weighted by molar-refractivity contribution is 0.101. The average Bonchev–Trinajstić information content (AvgIpc) is 2.94. The Morgan fingerprint density at radius 2 is 2.15 bits per heavy atom. The molecule has 1 amide bonds. The molecule has 0 aliphatic rings. The lowest BCUT2D eigenvalue weighted by atomic mass is 10.2. The summed E-state index contributed by atoms with van der Waals surface area (Å²) in [6, 6.07) is 7.36. The molecule has 5 nitrogen and oxygen atoms in total. The van der Waals surface area contributed by atoms with Crippen LogP contribution in [-0.4, -0.2) is 20.7 Å². The summed E-state index contributed by atoms with van der Waals surface area (Å²) in [6.07, 6.45) is 0. The van der Waals surface area contributed by atoms with Crippen LogP contribution in [0.25, 0.3) is 10.9 Å². The van der Waals surface area contributed by atoms with E-state index in [1.165, 1.54) is 11.3 Å². The quantitative estimate of drug-likeness (QED) is 0.790. The van der Waals surface area contributed by atoms with Gasteiger partial charge in [0.1, 0.15) is 10.7 Å². The number of hydrogen-bond acceptors (Lipinski definition) is 4. The fourth-order valence-electron chi connectivity index (χ4n) is 2.03. The number of amides is 1. The molecular weight excluding hydrogens is 296 g/mol. The van der Waals surface area contributed by atoms with Gasteiger partial charge in [-0.3, -0.25) is 10.1 Å². The standard InChI is InChI=1S/C13H11ClN4OS/c1-7-16-17-13(20-7)15-12(19)11-5-8-3-4-9(14)6-10(8)18(11)2/h3-6H,1-2H3,(H,15,17,19). The number of halogens is 1. The summed E-state index contributed by atoms with van der Waals surface area (Å²) in [4.78, 5) is 12.3. The third-order valence-electron chi connectivity index (χ3n) is 2.99. The van der Waals surface area contributed by atoms with Gasteiger partial charge in [0.15, 0.2) is 0 Å². The van der Waals surface area contributed by atoms with Gasteiger partial charge in [0, 0.05) is 23.0 Å². The molecule has 1 N–H and O–H groups in total. The minimum Gasteiger partial charge on any atom is -0.340 e. The van der Waals surface area contributed by atoms with Crippen LogP contribution in [0.4, 0.5) is 5.13 Å². The fraction of sp³-hybridized carbons (Fsp3) is 0.154. The Morgan fingerprint density at radius 1 is 1.35 bits per heavy atom. The van der Waals surface area contributed by atoms with Gasteiger partial charge in [-0.15, -0.1) is 10.2 Å². The number of carbonyl (C=O) groups is 1. The number of rotatable bonds is 2. The van der Waals surface area contributed by atoms with E-state index in [1.807, 2.05) is 36.7 Å². The predicted octanol–water partition coefficient (Wildman–Crippen LogP) is 3.24. The molecule has 3 rings (SSSR count). The Balaban J connectivity index is 1.97. The minimum absolute atomic E-state index is 0.212. The van der Waals surface area contributed by atoms with Crippen LogP contribution < -0.4 is 5.32 Å². The van der Waals surface area contributed by atoms with E-state index in [2.05, 4.69) is 15.5 Å². The first-order valence-electron chi connectivity index (χ1n) is 5.91. The van der Waals surface area contributed by atoms with Crippen LogP contribution in [0.2, 0.25) is 5.02 Å². The second-order valence-electron chi connectivity index (χ2n) is 4.37. The van der Waals surface area contributed by atoms with Crippen LogP contribution in [0.1, 0.15) is 15.5 Å². The highest BCUT2D eigenvalue weighted by molar-refractivity contribution is 7.15. The van der Waals surface area contributed by atoms with Crippen LogP contribution in [0, 0.1) is 6.92 Å². The van der Waals surface area contributed by atoms with Crippen molar-refractivity contribution in [3.05, 3.63) is 40.0 Å². The monoisotopic (exact) mass is 306 g/mol. The first-order chi connectivity index (χ1) is 9.54. The molecule has 102 valence electrons. The summed E-state index contributed by atoms with van der Waals surface area (Å²) < 4.78 is 1.81. The van der Waals surface area contributed by atoms with Gasteiger partial charge in [-0.2, -0.15) is 0 Å².